The Morgan fingerprint density at radius 1 is 1.47 bits per heavy atom. The fraction of sp³-hybridized carbons (Fsp3) is 0.308. The van der Waals surface area contributed by atoms with Gasteiger partial charge in [-0.15, -0.1) is 0 Å². The number of hydrogen-bond acceptors (Lipinski definition) is 4. The summed E-state index contributed by atoms with van der Waals surface area (Å²) in [5.74, 6) is 5.86. The van der Waals surface area contributed by atoms with E-state index in [1.165, 1.54) is 0 Å². The number of hydrogen-bond donors (Lipinski definition) is 1. The van der Waals surface area contributed by atoms with Crippen molar-refractivity contribution in [2.45, 2.75) is 13.3 Å². The van der Waals surface area contributed by atoms with E-state index in [0.29, 0.717) is 23.6 Å². The van der Waals surface area contributed by atoms with Gasteiger partial charge in [0, 0.05) is 11.8 Å². The smallest absolute Gasteiger partial charge is 0.317 e. The molecule has 1 aromatic carbocycles. The molecule has 4 heteroatoms. The lowest BCUT2D eigenvalue weighted by molar-refractivity contribution is -0.141. The molecule has 0 aliphatic heterocycles. The van der Waals surface area contributed by atoms with Gasteiger partial charge in [-0.3, -0.25) is 4.79 Å². The molecule has 0 saturated carbocycles. The molecular formula is C13H15NO3. The number of methoxy groups -OCH3 is 1. The van der Waals surface area contributed by atoms with E-state index in [4.69, 9.17) is 15.2 Å². The number of rotatable bonds is 3. The summed E-state index contributed by atoms with van der Waals surface area (Å²) in [5, 5.41) is 0. The average Bonchev–Trinajstić information content (AvgIpc) is 2.31. The Bertz CT molecular complexity index is 457. The Morgan fingerprint density at radius 2 is 2.24 bits per heavy atom. The van der Waals surface area contributed by atoms with Crippen LogP contribution in [0.2, 0.25) is 0 Å². The van der Waals surface area contributed by atoms with Crippen LogP contribution in [-0.2, 0) is 9.53 Å². The highest BCUT2D eigenvalue weighted by Gasteiger charge is 2.00. The number of esters is 1. The maximum absolute atomic E-state index is 11.1. The highest BCUT2D eigenvalue weighted by atomic mass is 16.5. The van der Waals surface area contributed by atoms with E-state index in [1.807, 2.05) is 0 Å². The van der Waals surface area contributed by atoms with E-state index in [1.54, 1.807) is 32.2 Å². The second-order valence-corrected chi connectivity index (χ2v) is 3.24. The fourth-order valence-corrected chi connectivity index (χ4v) is 1.23. The minimum absolute atomic E-state index is 0.0708. The zero-order valence-electron chi connectivity index (χ0n) is 9.95. The molecule has 0 saturated heterocycles. The summed E-state index contributed by atoms with van der Waals surface area (Å²) < 4.78 is 9.90. The van der Waals surface area contributed by atoms with Crippen molar-refractivity contribution >= 4 is 11.7 Å². The number of nitrogens with two attached hydrogens (primary N) is 1. The minimum atomic E-state index is -0.325. The Balaban J connectivity index is 2.74. The first-order chi connectivity index (χ1) is 8.17. The van der Waals surface area contributed by atoms with Gasteiger partial charge >= 0.3 is 5.97 Å². The third kappa shape index (κ3) is 4.07. The molecule has 0 bridgehead atoms. The van der Waals surface area contributed by atoms with Crippen LogP contribution in [0.1, 0.15) is 18.9 Å². The number of anilines is 1. The van der Waals surface area contributed by atoms with Crippen molar-refractivity contribution in [2.24, 2.45) is 0 Å². The van der Waals surface area contributed by atoms with Crippen molar-refractivity contribution in [2.75, 3.05) is 19.5 Å². The van der Waals surface area contributed by atoms with Crippen LogP contribution in [0.3, 0.4) is 0 Å². The second-order valence-electron chi connectivity index (χ2n) is 3.24. The molecule has 0 fully saturated rings. The van der Waals surface area contributed by atoms with Crippen LogP contribution in [0.5, 0.6) is 5.75 Å². The Kier molecular flexibility index (Phi) is 4.89. The Morgan fingerprint density at radius 3 is 2.88 bits per heavy atom. The van der Waals surface area contributed by atoms with Gasteiger partial charge in [-0.25, -0.2) is 0 Å². The molecular weight excluding hydrogens is 218 g/mol. The number of nitrogen functional groups attached to an aromatic ring is 1. The van der Waals surface area contributed by atoms with Gasteiger partial charge in [0.1, 0.15) is 12.2 Å². The van der Waals surface area contributed by atoms with E-state index < -0.39 is 0 Å². The van der Waals surface area contributed by atoms with Crippen LogP contribution in [0.4, 0.5) is 5.69 Å². The first-order valence-electron chi connectivity index (χ1n) is 5.25. The molecule has 17 heavy (non-hydrogen) atoms. The van der Waals surface area contributed by atoms with Crippen molar-refractivity contribution in [1.82, 2.24) is 0 Å². The van der Waals surface area contributed by atoms with Crippen LogP contribution in [0.25, 0.3) is 0 Å². The summed E-state index contributed by atoms with van der Waals surface area (Å²) in [5.41, 5.74) is 6.93. The molecule has 0 unspecified atom stereocenters. The number of carbonyl (C=O) groups excluding carboxylic acids is 1. The predicted octanol–water partition coefficient (Wildman–Crippen LogP) is 1.58. The highest BCUT2D eigenvalue weighted by molar-refractivity contribution is 5.72. The summed E-state index contributed by atoms with van der Waals surface area (Å²) in [7, 11) is 1.55. The topological polar surface area (TPSA) is 61.5 Å². The monoisotopic (exact) mass is 233 g/mol. The molecule has 0 spiro atoms. The molecule has 0 heterocycles. The third-order valence-corrected chi connectivity index (χ3v) is 1.99. The van der Waals surface area contributed by atoms with Gasteiger partial charge in [0.2, 0.25) is 0 Å². The van der Waals surface area contributed by atoms with Gasteiger partial charge in [-0.05, 0) is 19.1 Å². The molecule has 0 radical (unpaired) electrons. The van der Waals surface area contributed by atoms with Gasteiger partial charge in [0.25, 0.3) is 0 Å². The van der Waals surface area contributed by atoms with Gasteiger partial charge in [0.15, 0.2) is 0 Å². The molecule has 0 aliphatic rings. The van der Waals surface area contributed by atoms with E-state index in [2.05, 4.69) is 11.8 Å². The average molecular weight is 233 g/mol. The Labute approximate surface area is 101 Å². The van der Waals surface area contributed by atoms with Crippen LogP contribution in [-0.4, -0.2) is 19.7 Å². The zero-order chi connectivity index (χ0) is 12.7. The van der Waals surface area contributed by atoms with E-state index in [0.717, 1.165) is 0 Å². The van der Waals surface area contributed by atoms with Gasteiger partial charge in [0.05, 0.1) is 19.3 Å². The lowest BCUT2D eigenvalue weighted by Crippen LogP contribution is -2.01. The lowest BCUT2D eigenvalue weighted by atomic mass is 10.2. The molecule has 90 valence electrons. The van der Waals surface area contributed by atoms with Crippen LogP contribution in [0, 0.1) is 11.8 Å². The maximum Gasteiger partial charge on any atom is 0.317 e. The summed E-state index contributed by atoms with van der Waals surface area (Å²) in [6.07, 6.45) is 0.0708. The van der Waals surface area contributed by atoms with Gasteiger partial charge < -0.3 is 15.2 Å². The fourth-order valence-electron chi connectivity index (χ4n) is 1.23. The normalized spacial score (nSPS) is 9.06. The first-order valence-corrected chi connectivity index (χ1v) is 5.25. The molecule has 1 aromatic rings. The van der Waals surface area contributed by atoms with Crippen molar-refractivity contribution in [3.05, 3.63) is 23.8 Å². The maximum atomic E-state index is 11.1. The zero-order valence-corrected chi connectivity index (χ0v) is 9.95. The van der Waals surface area contributed by atoms with E-state index in [9.17, 15) is 4.79 Å². The lowest BCUT2D eigenvalue weighted by Gasteiger charge is -2.03. The molecule has 0 atom stereocenters. The summed E-state index contributed by atoms with van der Waals surface area (Å²) >= 11 is 0. The van der Waals surface area contributed by atoms with Crippen molar-refractivity contribution in [3.8, 4) is 17.6 Å². The Hall–Kier alpha value is -2.15. The van der Waals surface area contributed by atoms with E-state index in [-0.39, 0.29) is 12.4 Å². The summed E-state index contributed by atoms with van der Waals surface area (Å²) in [4.78, 5) is 11.1. The summed E-state index contributed by atoms with van der Waals surface area (Å²) in [6, 6.07) is 5.18. The molecule has 4 nitrogen and oxygen atoms in total. The minimum Gasteiger partial charge on any atom is -0.495 e. The number of ether oxygens (including phenoxy) is 2. The first kappa shape index (κ1) is 12.9. The SMILES string of the molecule is CCOC(=O)CC#Cc1ccc(N)cc1OC. The largest absolute Gasteiger partial charge is 0.495 e. The quantitative estimate of drug-likeness (QED) is 0.489. The van der Waals surface area contributed by atoms with Gasteiger partial charge in [-0.2, -0.15) is 0 Å². The summed E-state index contributed by atoms with van der Waals surface area (Å²) in [6.45, 7) is 2.13. The molecule has 2 N–H and O–H groups in total. The number of carbonyl (C=O) groups is 1. The van der Waals surface area contributed by atoms with Crippen molar-refractivity contribution in [3.63, 3.8) is 0 Å². The number of benzene rings is 1. The van der Waals surface area contributed by atoms with Crippen molar-refractivity contribution in [1.29, 1.82) is 0 Å². The standard InChI is InChI=1S/C13H15NO3/c1-3-17-13(15)6-4-5-10-7-8-11(14)9-12(10)16-2/h7-9H,3,6,14H2,1-2H3. The van der Waals surface area contributed by atoms with Crippen molar-refractivity contribution < 1.29 is 14.3 Å². The van der Waals surface area contributed by atoms with Gasteiger partial charge in [-0.1, -0.05) is 11.8 Å². The molecule has 1 rings (SSSR count). The second kappa shape index (κ2) is 6.44. The third-order valence-electron chi connectivity index (χ3n) is 1.99. The van der Waals surface area contributed by atoms with E-state index >= 15 is 0 Å². The molecule has 0 aliphatic carbocycles. The van der Waals surface area contributed by atoms with Crippen LogP contribution in [0.15, 0.2) is 18.2 Å². The van der Waals surface area contributed by atoms with Crippen LogP contribution >= 0.6 is 0 Å². The highest BCUT2D eigenvalue weighted by Crippen LogP contribution is 2.20. The predicted molar refractivity (Wildman–Crippen MR) is 65.5 cm³/mol. The molecule has 0 amide bonds. The van der Waals surface area contributed by atoms with Crippen LogP contribution < -0.4 is 10.5 Å². The molecule has 0 aromatic heterocycles.